The molecule has 3 N–H and O–H groups in total. The second-order valence-corrected chi connectivity index (χ2v) is 8.59. The Kier molecular flexibility index (Phi) is 3.47. The highest BCUT2D eigenvalue weighted by Crippen LogP contribution is 2.66. The third-order valence-corrected chi connectivity index (χ3v) is 7.21. The molecule has 1 saturated carbocycles. The van der Waals surface area contributed by atoms with E-state index in [0.29, 0.717) is 0 Å². The highest BCUT2D eigenvalue weighted by molar-refractivity contribution is 5.48. The Balaban J connectivity index is 1.84. The maximum atomic E-state index is 11.3. The minimum atomic E-state index is -1.30. The molecule has 4 aliphatic rings. The quantitative estimate of drug-likeness (QED) is 0.694. The van der Waals surface area contributed by atoms with Crippen LogP contribution in [0, 0.1) is 22.7 Å². The summed E-state index contributed by atoms with van der Waals surface area (Å²) in [5.74, 6) is -1.01. The van der Waals surface area contributed by atoms with Gasteiger partial charge in [-0.1, -0.05) is 38.5 Å². The molecule has 6 atom stereocenters. The Hall–Kier alpha value is -0.940. The number of allylic oxidation sites excluding steroid dienone is 3. The average Bonchev–Trinajstić information content (AvgIpc) is 3.05. The van der Waals surface area contributed by atoms with Gasteiger partial charge in [0.25, 0.3) is 0 Å². The zero-order valence-electron chi connectivity index (χ0n) is 14.7. The zero-order valence-corrected chi connectivity index (χ0v) is 14.7. The zero-order chi connectivity index (χ0) is 17.3. The average molecular weight is 332 g/mol. The molecule has 2 bridgehead atoms. The van der Waals surface area contributed by atoms with Crippen LogP contribution in [-0.2, 0) is 4.74 Å². The number of fused-ring (bicyclic) bond motifs is 6. The Morgan fingerprint density at radius 1 is 1.29 bits per heavy atom. The standard InChI is InChI=1S/C20H28O4/c1-12(10-21)14-4-5-18(2)6-7-19(3)15(17(14)18)8-16-13(11-22)9-20(19,23)24-16/h4-5,9,12,15-16,21-23H,6-8,10-11H2,1-3H3/t12?,15-,16-,18-,19-,20?/m1/s1. The van der Waals surface area contributed by atoms with Crippen molar-refractivity contribution < 1.29 is 20.1 Å². The van der Waals surface area contributed by atoms with Crippen LogP contribution in [0.25, 0.3) is 0 Å². The van der Waals surface area contributed by atoms with Gasteiger partial charge in [0.15, 0.2) is 5.79 Å². The van der Waals surface area contributed by atoms with E-state index in [4.69, 9.17) is 4.74 Å². The molecule has 0 aromatic carbocycles. The lowest BCUT2D eigenvalue weighted by Gasteiger charge is -2.57. The van der Waals surface area contributed by atoms with Crippen LogP contribution < -0.4 is 0 Å². The van der Waals surface area contributed by atoms with Gasteiger partial charge < -0.3 is 20.1 Å². The minimum absolute atomic E-state index is 0.00938. The van der Waals surface area contributed by atoms with Crippen LogP contribution in [0.2, 0.25) is 0 Å². The second kappa shape index (κ2) is 5.04. The van der Waals surface area contributed by atoms with Crippen molar-refractivity contribution in [3.8, 4) is 0 Å². The molecular weight excluding hydrogens is 304 g/mol. The molecule has 0 aromatic heterocycles. The molecule has 4 rings (SSSR count). The van der Waals surface area contributed by atoms with E-state index in [1.807, 2.05) is 0 Å². The number of aliphatic hydroxyl groups excluding tert-OH is 2. The molecule has 0 spiro atoms. The van der Waals surface area contributed by atoms with Crippen molar-refractivity contribution in [2.45, 2.75) is 51.9 Å². The molecule has 2 aliphatic heterocycles. The predicted molar refractivity (Wildman–Crippen MR) is 91.0 cm³/mol. The van der Waals surface area contributed by atoms with E-state index in [9.17, 15) is 15.3 Å². The van der Waals surface area contributed by atoms with Crippen LogP contribution in [0.4, 0.5) is 0 Å². The van der Waals surface area contributed by atoms with Gasteiger partial charge in [-0.05, 0) is 42.4 Å². The van der Waals surface area contributed by atoms with Crippen LogP contribution in [0.15, 0.2) is 34.9 Å². The third-order valence-electron chi connectivity index (χ3n) is 7.21. The lowest BCUT2D eigenvalue weighted by Crippen LogP contribution is -2.58. The van der Waals surface area contributed by atoms with E-state index in [1.54, 1.807) is 6.08 Å². The third kappa shape index (κ3) is 1.88. The summed E-state index contributed by atoms with van der Waals surface area (Å²) >= 11 is 0. The van der Waals surface area contributed by atoms with Gasteiger partial charge in [-0.2, -0.15) is 0 Å². The molecule has 4 heteroatoms. The van der Waals surface area contributed by atoms with E-state index >= 15 is 0 Å². The fourth-order valence-corrected chi connectivity index (χ4v) is 5.48. The molecule has 0 aromatic rings. The molecule has 132 valence electrons. The maximum absolute atomic E-state index is 11.3. The van der Waals surface area contributed by atoms with Crippen molar-refractivity contribution in [1.29, 1.82) is 0 Å². The molecule has 2 unspecified atom stereocenters. The number of ether oxygens (including phenoxy) is 1. The molecular formula is C20H28O4. The van der Waals surface area contributed by atoms with Gasteiger partial charge in [-0.25, -0.2) is 0 Å². The van der Waals surface area contributed by atoms with Crippen molar-refractivity contribution in [3.05, 3.63) is 34.9 Å². The van der Waals surface area contributed by atoms with Gasteiger partial charge in [0.2, 0.25) is 0 Å². The van der Waals surface area contributed by atoms with Crippen LogP contribution in [0.5, 0.6) is 0 Å². The Labute approximate surface area is 143 Å². The smallest absolute Gasteiger partial charge is 0.192 e. The number of rotatable bonds is 3. The van der Waals surface area contributed by atoms with Gasteiger partial charge >= 0.3 is 0 Å². The van der Waals surface area contributed by atoms with Crippen molar-refractivity contribution in [2.24, 2.45) is 22.7 Å². The van der Waals surface area contributed by atoms with Crippen molar-refractivity contribution in [2.75, 3.05) is 13.2 Å². The van der Waals surface area contributed by atoms with Crippen LogP contribution in [0.3, 0.4) is 0 Å². The topological polar surface area (TPSA) is 69.9 Å². The van der Waals surface area contributed by atoms with Crippen molar-refractivity contribution >= 4 is 0 Å². The van der Waals surface area contributed by atoms with E-state index < -0.39 is 11.2 Å². The Morgan fingerprint density at radius 2 is 2.04 bits per heavy atom. The summed E-state index contributed by atoms with van der Waals surface area (Å²) in [6, 6.07) is 0. The highest BCUT2D eigenvalue weighted by atomic mass is 16.6. The first-order valence-corrected chi connectivity index (χ1v) is 9.05. The first-order chi connectivity index (χ1) is 11.3. The van der Waals surface area contributed by atoms with E-state index in [2.05, 4.69) is 32.9 Å². The van der Waals surface area contributed by atoms with Crippen LogP contribution in [-0.4, -0.2) is 40.4 Å². The molecule has 0 radical (unpaired) electrons. The first-order valence-electron chi connectivity index (χ1n) is 9.05. The Morgan fingerprint density at radius 3 is 2.71 bits per heavy atom. The summed E-state index contributed by atoms with van der Waals surface area (Å²) in [5.41, 5.74) is 3.01. The second-order valence-electron chi connectivity index (χ2n) is 8.59. The molecule has 2 heterocycles. The summed E-state index contributed by atoms with van der Waals surface area (Å²) in [6.07, 6.45) is 8.65. The molecule has 1 saturated heterocycles. The molecule has 4 nitrogen and oxygen atoms in total. The van der Waals surface area contributed by atoms with Crippen LogP contribution >= 0.6 is 0 Å². The lowest BCUT2D eigenvalue weighted by atomic mass is 9.52. The lowest BCUT2D eigenvalue weighted by molar-refractivity contribution is -0.287. The van der Waals surface area contributed by atoms with Crippen LogP contribution in [0.1, 0.15) is 40.0 Å². The predicted octanol–water partition coefficient (Wildman–Crippen LogP) is 2.31. The summed E-state index contributed by atoms with van der Waals surface area (Å²) in [6.45, 7) is 6.52. The monoisotopic (exact) mass is 332 g/mol. The largest absolute Gasteiger partial charge is 0.396 e. The molecule has 0 amide bonds. The van der Waals surface area contributed by atoms with Gasteiger partial charge in [0.1, 0.15) is 0 Å². The van der Waals surface area contributed by atoms with Crippen molar-refractivity contribution in [1.82, 2.24) is 0 Å². The minimum Gasteiger partial charge on any atom is -0.396 e. The van der Waals surface area contributed by atoms with Gasteiger partial charge in [-0.15, -0.1) is 0 Å². The number of hydrogen-bond acceptors (Lipinski definition) is 4. The summed E-state index contributed by atoms with van der Waals surface area (Å²) < 4.78 is 5.97. The normalized spacial score (nSPS) is 47.5. The number of aliphatic hydroxyl groups is 3. The first kappa shape index (κ1) is 16.5. The van der Waals surface area contributed by atoms with E-state index in [1.165, 1.54) is 11.1 Å². The van der Waals surface area contributed by atoms with Gasteiger partial charge in [0.05, 0.1) is 12.7 Å². The molecule has 2 aliphatic carbocycles. The SMILES string of the molecule is CC(CO)C1=C2[C@H]3C[C@H]4OC(O)(C=C4CO)[C@]3(C)CC[C@@]2(C)C=C1. The maximum Gasteiger partial charge on any atom is 0.192 e. The Bertz CT molecular complexity index is 663. The summed E-state index contributed by atoms with van der Waals surface area (Å²) in [4.78, 5) is 0. The van der Waals surface area contributed by atoms with Gasteiger partial charge in [0, 0.05) is 23.4 Å². The summed E-state index contributed by atoms with van der Waals surface area (Å²) in [7, 11) is 0. The fourth-order valence-electron chi connectivity index (χ4n) is 5.48. The fraction of sp³-hybridized carbons (Fsp3) is 0.700. The molecule has 2 fully saturated rings. The summed E-state index contributed by atoms with van der Waals surface area (Å²) in [5, 5.41) is 30.6. The van der Waals surface area contributed by atoms with Gasteiger partial charge in [-0.3, -0.25) is 0 Å². The van der Waals surface area contributed by atoms with E-state index in [-0.39, 0.29) is 36.6 Å². The molecule has 24 heavy (non-hydrogen) atoms. The highest BCUT2D eigenvalue weighted by Gasteiger charge is 2.64. The van der Waals surface area contributed by atoms with E-state index in [0.717, 1.165) is 24.8 Å². The van der Waals surface area contributed by atoms with Crippen molar-refractivity contribution in [3.63, 3.8) is 0 Å². The number of hydrogen-bond donors (Lipinski definition) is 3.